The Labute approximate surface area is 266 Å². The average Bonchev–Trinajstić information content (AvgIpc) is 3.30. The van der Waals surface area contributed by atoms with Gasteiger partial charge in [-0.1, -0.05) is 67.0 Å². The zero-order chi connectivity index (χ0) is 32.2. The fourth-order valence-corrected chi connectivity index (χ4v) is 11.7. The second-order valence-electron chi connectivity index (χ2n) is 16.4. The number of hydrogen-bond donors (Lipinski definition) is 3. The Balaban J connectivity index is 1.19. The van der Waals surface area contributed by atoms with Gasteiger partial charge in [-0.15, -0.1) is 0 Å². The largest absolute Gasteiger partial charge is 0.449 e. The molecule has 11 atom stereocenters. The number of amides is 1. The third-order valence-electron chi connectivity index (χ3n) is 13.2. The third kappa shape index (κ3) is 5.97. The molecule has 3 N–H and O–H groups in total. The van der Waals surface area contributed by atoms with Gasteiger partial charge in [0.2, 0.25) is 0 Å². The predicted octanol–water partition coefficient (Wildman–Crippen LogP) is 7.05. The standard InChI is InChI=1S/C36H57NO6S/c1-8-26-30-21-24(38)15-18-36(30,7)29-16-19-35(6)27(13-14-28(35)31(29)32(26)39)22(2)17-20-43-33(40)37-44(41,42)25-11-9-23(10-12-25)34(3,4)5/h9-12,22,24,26-32,38-39H,8,13-21H2,1-7H3,(H,37,40)/t22-,24-,26-,27?,28+,29+,30+,31+,32-,35-,36-/m1/s1. The van der Waals surface area contributed by atoms with Gasteiger partial charge in [-0.2, -0.15) is 0 Å². The molecule has 4 aliphatic carbocycles. The van der Waals surface area contributed by atoms with Crippen LogP contribution in [-0.2, 0) is 20.2 Å². The molecule has 8 heteroatoms. The Bertz CT molecular complexity index is 1290. The fourth-order valence-electron chi connectivity index (χ4n) is 10.8. The van der Waals surface area contributed by atoms with Crippen molar-refractivity contribution < 1.29 is 28.2 Å². The van der Waals surface area contributed by atoms with Crippen LogP contribution in [0, 0.1) is 52.3 Å². The molecule has 1 amide bonds. The Morgan fingerprint density at radius 3 is 2.27 bits per heavy atom. The van der Waals surface area contributed by atoms with Crippen LogP contribution in [0.1, 0.15) is 112 Å². The number of ether oxygens (including phenoxy) is 1. The molecule has 44 heavy (non-hydrogen) atoms. The van der Waals surface area contributed by atoms with Crippen molar-refractivity contribution in [1.29, 1.82) is 0 Å². The normalized spacial score (nSPS) is 39.5. The number of nitrogens with one attached hydrogen (secondary N) is 1. The van der Waals surface area contributed by atoms with E-state index in [-0.39, 0.29) is 45.9 Å². The van der Waals surface area contributed by atoms with Gasteiger partial charge in [-0.3, -0.25) is 0 Å². The highest BCUT2D eigenvalue weighted by Crippen LogP contribution is 2.69. The van der Waals surface area contributed by atoms with Gasteiger partial charge in [0, 0.05) is 0 Å². The Morgan fingerprint density at radius 1 is 1.00 bits per heavy atom. The minimum Gasteiger partial charge on any atom is -0.449 e. The second-order valence-corrected chi connectivity index (χ2v) is 18.1. The Hall–Kier alpha value is -1.64. The number of hydrogen-bond acceptors (Lipinski definition) is 6. The molecule has 0 spiro atoms. The topological polar surface area (TPSA) is 113 Å². The van der Waals surface area contributed by atoms with Gasteiger partial charge in [0.1, 0.15) is 0 Å². The van der Waals surface area contributed by atoms with Crippen LogP contribution in [0.15, 0.2) is 29.2 Å². The number of sulfonamides is 1. The molecule has 0 aliphatic heterocycles. The van der Waals surface area contributed by atoms with Crippen molar-refractivity contribution in [1.82, 2.24) is 4.72 Å². The van der Waals surface area contributed by atoms with Crippen molar-refractivity contribution in [3.63, 3.8) is 0 Å². The number of aliphatic hydroxyl groups excluding tert-OH is 2. The van der Waals surface area contributed by atoms with Crippen LogP contribution in [0.5, 0.6) is 0 Å². The maximum Gasteiger partial charge on any atom is 0.421 e. The van der Waals surface area contributed by atoms with Crippen molar-refractivity contribution in [2.75, 3.05) is 6.61 Å². The average molecular weight is 632 g/mol. The molecular formula is C36H57NO6S. The summed E-state index contributed by atoms with van der Waals surface area (Å²) in [4.78, 5) is 12.6. The summed E-state index contributed by atoms with van der Waals surface area (Å²) in [7, 11) is -4.02. The lowest BCUT2D eigenvalue weighted by atomic mass is 9.41. The Kier molecular flexibility index (Phi) is 9.34. The summed E-state index contributed by atoms with van der Waals surface area (Å²) in [5.74, 6) is 2.70. The first kappa shape index (κ1) is 33.7. The maximum atomic E-state index is 12.8. The lowest BCUT2D eigenvalue weighted by Crippen LogP contribution is -2.62. The lowest BCUT2D eigenvalue weighted by Gasteiger charge is -2.64. The van der Waals surface area contributed by atoms with Crippen LogP contribution in [0.25, 0.3) is 0 Å². The Morgan fingerprint density at radius 2 is 1.64 bits per heavy atom. The summed E-state index contributed by atoms with van der Waals surface area (Å²) < 4.78 is 33.0. The van der Waals surface area contributed by atoms with E-state index in [1.54, 1.807) is 12.1 Å². The highest BCUT2D eigenvalue weighted by molar-refractivity contribution is 7.90. The van der Waals surface area contributed by atoms with E-state index in [9.17, 15) is 23.4 Å². The van der Waals surface area contributed by atoms with E-state index >= 15 is 0 Å². The van der Waals surface area contributed by atoms with E-state index in [2.05, 4.69) is 53.2 Å². The van der Waals surface area contributed by atoms with E-state index in [0.717, 1.165) is 56.9 Å². The van der Waals surface area contributed by atoms with Gasteiger partial charge < -0.3 is 14.9 Å². The predicted molar refractivity (Wildman–Crippen MR) is 172 cm³/mol. The third-order valence-corrected chi connectivity index (χ3v) is 14.5. The van der Waals surface area contributed by atoms with Gasteiger partial charge >= 0.3 is 6.09 Å². The van der Waals surface area contributed by atoms with E-state index in [1.165, 1.54) is 12.1 Å². The molecule has 1 unspecified atom stereocenters. The van der Waals surface area contributed by atoms with Crippen molar-refractivity contribution in [3.8, 4) is 0 Å². The first-order valence-corrected chi connectivity index (χ1v) is 18.7. The van der Waals surface area contributed by atoms with Gasteiger partial charge in [-0.25, -0.2) is 17.9 Å². The highest BCUT2D eigenvalue weighted by atomic mass is 32.2. The van der Waals surface area contributed by atoms with Crippen LogP contribution in [-0.4, -0.2) is 43.5 Å². The fraction of sp³-hybridized carbons (Fsp3) is 0.806. The molecule has 7 nitrogen and oxygen atoms in total. The van der Waals surface area contributed by atoms with Crippen LogP contribution in [0.3, 0.4) is 0 Å². The van der Waals surface area contributed by atoms with Crippen molar-refractivity contribution in [2.45, 2.75) is 129 Å². The monoisotopic (exact) mass is 631 g/mol. The van der Waals surface area contributed by atoms with Gasteiger partial charge in [0.15, 0.2) is 0 Å². The lowest BCUT2D eigenvalue weighted by molar-refractivity contribution is -0.203. The molecule has 1 aromatic rings. The van der Waals surface area contributed by atoms with Crippen molar-refractivity contribution in [2.24, 2.45) is 52.3 Å². The number of carbonyl (C=O) groups excluding carboxylic acids is 1. The van der Waals surface area contributed by atoms with Crippen LogP contribution >= 0.6 is 0 Å². The minimum atomic E-state index is -4.02. The summed E-state index contributed by atoms with van der Waals surface area (Å²) in [6.45, 7) is 15.7. The number of fused-ring (bicyclic) bond motifs is 5. The summed E-state index contributed by atoms with van der Waals surface area (Å²) in [6.07, 6.45) is 7.42. The zero-order valence-corrected chi connectivity index (χ0v) is 28.8. The summed E-state index contributed by atoms with van der Waals surface area (Å²) >= 11 is 0. The maximum absolute atomic E-state index is 12.8. The highest BCUT2D eigenvalue weighted by Gasteiger charge is 2.64. The van der Waals surface area contributed by atoms with Crippen LogP contribution < -0.4 is 4.72 Å². The first-order valence-electron chi connectivity index (χ1n) is 17.2. The number of carbonyl (C=O) groups is 1. The SMILES string of the molecule is CC[C@H]1[C@@H](O)[C@@H]2[C@H](CC[C@]3(C)C([C@H](C)CCOC(=O)NS(=O)(=O)c4ccc(C(C)(C)C)cc4)CC[C@@H]23)[C@@]2(C)CC[C@@H](O)C[C@@H]12. The molecule has 0 radical (unpaired) electrons. The zero-order valence-electron chi connectivity index (χ0n) is 28.0. The van der Waals surface area contributed by atoms with Crippen molar-refractivity contribution >= 4 is 16.1 Å². The molecule has 4 saturated carbocycles. The van der Waals surface area contributed by atoms with E-state index in [0.29, 0.717) is 41.9 Å². The smallest absolute Gasteiger partial charge is 0.421 e. The minimum absolute atomic E-state index is 0.0381. The molecular weight excluding hydrogens is 574 g/mol. The second kappa shape index (κ2) is 12.2. The van der Waals surface area contributed by atoms with Crippen LogP contribution in [0.2, 0.25) is 0 Å². The summed E-state index contributed by atoms with van der Waals surface area (Å²) in [5, 5.41) is 22.5. The number of aliphatic hydroxyl groups is 2. The summed E-state index contributed by atoms with van der Waals surface area (Å²) in [6, 6.07) is 6.59. The van der Waals surface area contributed by atoms with E-state index in [4.69, 9.17) is 4.74 Å². The summed E-state index contributed by atoms with van der Waals surface area (Å²) in [5.41, 5.74) is 1.23. The molecule has 1 aromatic carbocycles. The molecule has 0 heterocycles. The van der Waals surface area contributed by atoms with Gasteiger partial charge in [0.05, 0.1) is 23.7 Å². The first-order chi connectivity index (χ1) is 20.5. The molecule has 0 saturated heterocycles. The van der Waals surface area contributed by atoms with E-state index < -0.39 is 16.1 Å². The van der Waals surface area contributed by atoms with E-state index in [1.807, 2.05) is 0 Å². The van der Waals surface area contributed by atoms with Gasteiger partial charge in [0.25, 0.3) is 10.0 Å². The quantitative estimate of drug-likeness (QED) is 0.297. The molecule has 0 bridgehead atoms. The molecule has 0 aromatic heterocycles. The van der Waals surface area contributed by atoms with Gasteiger partial charge in [-0.05, 0) is 127 Å². The van der Waals surface area contributed by atoms with Crippen molar-refractivity contribution in [3.05, 3.63) is 29.8 Å². The molecule has 248 valence electrons. The number of rotatable bonds is 7. The molecule has 5 rings (SSSR count). The molecule has 4 aliphatic rings. The van der Waals surface area contributed by atoms with Crippen LogP contribution in [0.4, 0.5) is 4.79 Å². The molecule has 4 fully saturated rings. The number of benzene rings is 1.